The lowest BCUT2D eigenvalue weighted by Crippen LogP contribution is -2.03. The minimum absolute atomic E-state index is 0.777. The van der Waals surface area contributed by atoms with Crippen molar-refractivity contribution in [2.45, 2.75) is 20.0 Å². The van der Waals surface area contributed by atoms with Crippen LogP contribution >= 0.6 is 11.3 Å². The van der Waals surface area contributed by atoms with Crippen molar-refractivity contribution in [1.29, 1.82) is 0 Å². The molecule has 3 aromatic rings. The molecule has 0 saturated carbocycles. The lowest BCUT2D eigenvalue weighted by Gasteiger charge is -2.03. The van der Waals surface area contributed by atoms with Crippen LogP contribution in [-0.4, -0.2) is 14.8 Å². The van der Waals surface area contributed by atoms with E-state index in [1.54, 1.807) is 11.3 Å². The van der Waals surface area contributed by atoms with Gasteiger partial charge in [-0.15, -0.1) is 11.3 Å². The first-order valence-electron chi connectivity index (χ1n) is 6.51. The number of benzene rings is 1. The summed E-state index contributed by atoms with van der Waals surface area (Å²) < 4.78 is 1.94. The van der Waals surface area contributed by atoms with E-state index in [9.17, 15) is 0 Å². The molecule has 4 nitrogen and oxygen atoms in total. The number of hydrogen-bond acceptors (Lipinski definition) is 4. The van der Waals surface area contributed by atoms with Crippen molar-refractivity contribution in [3.05, 3.63) is 64.2 Å². The van der Waals surface area contributed by atoms with Crippen molar-refractivity contribution in [3.63, 3.8) is 0 Å². The lowest BCUT2D eigenvalue weighted by atomic mass is 10.2. The van der Waals surface area contributed by atoms with Crippen molar-refractivity contribution in [2.75, 3.05) is 5.32 Å². The van der Waals surface area contributed by atoms with Crippen LogP contribution in [-0.2, 0) is 13.1 Å². The maximum atomic E-state index is 4.52. The minimum Gasteiger partial charge on any atom is -0.364 e. The zero-order chi connectivity index (χ0) is 13.8. The van der Waals surface area contributed by atoms with Crippen LogP contribution in [0.4, 0.5) is 5.82 Å². The summed E-state index contributed by atoms with van der Waals surface area (Å²) in [7, 11) is 0. The summed E-state index contributed by atoms with van der Waals surface area (Å²) in [4.78, 5) is 5.50. The van der Waals surface area contributed by atoms with Gasteiger partial charge in [0, 0.05) is 17.1 Å². The third-order valence-corrected chi connectivity index (χ3v) is 4.04. The first-order chi connectivity index (χ1) is 9.81. The van der Waals surface area contributed by atoms with Crippen LogP contribution in [0.3, 0.4) is 0 Å². The van der Waals surface area contributed by atoms with E-state index in [0.29, 0.717) is 0 Å². The second-order valence-corrected chi connectivity index (χ2v) is 5.54. The SMILES string of the molecule is Cc1ncsc1CNc1ccn(Cc2ccccc2)n1. The molecule has 2 aromatic heterocycles. The highest BCUT2D eigenvalue weighted by atomic mass is 32.1. The Morgan fingerprint density at radius 2 is 2.05 bits per heavy atom. The molecule has 1 N–H and O–H groups in total. The number of hydrogen-bond donors (Lipinski definition) is 1. The fourth-order valence-corrected chi connectivity index (χ4v) is 2.70. The van der Waals surface area contributed by atoms with Crippen LogP contribution in [0.1, 0.15) is 16.1 Å². The van der Waals surface area contributed by atoms with E-state index in [1.165, 1.54) is 10.4 Å². The van der Waals surface area contributed by atoms with E-state index in [0.717, 1.165) is 24.6 Å². The van der Waals surface area contributed by atoms with Crippen molar-refractivity contribution in [3.8, 4) is 0 Å². The largest absolute Gasteiger partial charge is 0.364 e. The van der Waals surface area contributed by atoms with E-state index >= 15 is 0 Å². The van der Waals surface area contributed by atoms with Crippen LogP contribution < -0.4 is 5.32 Å². The predicted octanol–water partition coefficient (Wildman–Crippen LogP) is 3.31. The molecule has 0 amide bonds. The summed E-state index contributed by atoms with van der Waals surface area (Å²) in [5.74, 6) is 0.897. The number of aromatic nitrogens is 3. The highest BCUT2D eigenvalue weighted by Crippen LogP contribution is 2.14. The molecule has 102 valence electrons. The number of anilines is 1. The van der Waals surface area contributed by atoms with Gasteiger partial charge in [0.25, 0.3) is 0 Å². The average molecular weight is 284 g/mol. The summed E-state index contributed by atoms with van der Waals surface area (Å²) in [6.45, 7) is 3.60. The Labute approximate surface area is 122 Å². The zero-order valence-electron chi connectivity index (χ0n) is 11.3. The van der Waals surface area contributed by atoms with Gasteiger partial charge in [-0.1, -0.05) is 30.3 Å². The molecule has 0 aliphatic carbocycles. The molecule has 5 heteroatoms. The third kappa shape index (κ3) is 3.05. The van der Waals surface area contributed by atoms with Crippen LogP contribution in [0.15, 0.2) is 48.1 Å². The van der Waals surface area contributed by atoms with Gasteiger partial charge in [0.1, 0.15) is 5.82 Å². The van der Waals surface area contributed by atoms with Gasteiger partial charge < -0.3 is 5.32 Å². The molecule has 2 heterocycles. The standard InChI is InChI=1S/C15H16N4S/c1-12-14(20-11-17-12)9-16-15-7-8-19(18-15)10-13-5-3-2-4-6-13/h2-8,11H,9-10H2,1H3,(H,16,18). The third-order valence-electron chi connectivity index (χ3n) is 3.10. The number of nitrogens with one attached hydrogen (secondary N) is 1. The van der Waals surface area contributed by atoms with E-state index < -0.39 is 0 Å². The molecule has 0 aliphatic rings. The molecule has 0 saturated heterocycles. The Bertz CT molecular complexity index is 672. The number of nitrogens with zero attached hydrogens (tertiary/aromatic N) is 3. The van der Waals surface area contributed by atoms with Gasteiger partial charge in [-0.05, 0) is 12.5 Å². The highest BCUT2D eigenvalue weighted by molar-refractivity contribution is 7.09. The molecule has 1 aromatic carbocycles. The topological polar surface area (TPSA) is 42.7 Å². The van der Waals surface area contributed by atoms with E-state index in [2.05, 4.69) is 27.5 Å². The first kappa shape index (κ1) is 12.9. The fraction of sp³-hybridized carbons (Fsp3) is 0.200. The van der Waals surface area contributed by atoms with E-state index in [-0.39, 0.29) is 0 Å². The molecular weight excluding hydrogens is 268 g/mol. The quantitative estimate of drug-likeness (QED) is 0.781. The summed E-state index contributed by atoms with van der Waals surface area (Å²) in [6.07, 6.45) is 1.99. The minimum atomic E-state index is 0.777. The Morgan fingerprint density at radius 3 is 2.80 bits per heavy atom. The van der Waals surface area contributed by atoms with Gasteiger partial charge in [-0.25, -0.2) is 4.98 Å². The Morgan fingerprint density at radius 1 is 1.20 bits per heavy atom. The number of aryl methyl sites for hydroxylation is 1. The highest BCUT2D eigenvalue weighted by Gasteiger charge is 2.03. The summed E-state index contributed by atoms with van der Waals surface area (Å²) in [5.41, 5.74) is 4.21. The Kier molecular flexibility index (Phi) is 3.78. The number of rotatable bonds is 5. The molecule has 0 radical (unpaired) electrons. The van der Waals surface area contributed by atoms with Crippen LogP contribution in [0.5, 0.6) is 0 Å². The van der Waals surface area contributed by atoms with Gasteiger partial charge in [0.15, 0.2) is 0 Å². The molecule has 0 atom stereocenters. The molecule has 0 unspecified atom stereocenters. The summed E-state index contributed by atoms with van der Waals surface area (Å²) in [5, 5.41) is 7.86. The molecule has 0 fully saturated rings. The lowest BCUT2D eigenvalue weighted by molar-refractivity contribution is 0.688. The van der Waals surface area contributed by atoms with Gasteiger partial charge in [-0.2, -0.15) is 5.10 Å². The van der Waals surface area contributed by atoms with Crippen molar-refractivity contribution in [1.82, 2.24) is 14.8 Å². The molecule has 20 heavy (non-hydrogen) atoms. The predicted molar refractivity (Wildman–Crippen MR) is 81.9 cm³/mol. The molecule has 0 bridgehead atoms. The van der Waals surface area contributed by atoms with Crippen LogP contribution in [0, 0.1) is 6.92 Å². The van der Waals surface area contributed by atoms with Crippen molar-refractivity contribution >= 4 is 17.2 Å². The fourth-order valence-electron chi connectivity index (χ4n) is 1.98. The normalized spacial score (nSPS) is 10.7. The zero-order valence-corrected chi connectivity index (χ0v) is 12.1. The van der Waals surface area contributed by atoms with E-state index in [4.69, 9.17) is 0 Å². The van der Waals surface area contributed by atoms with Crippen molar-refractivity contribution in [2.24, 2.45) is 0 Å². The van der Waals surface area contributed by atoms with Crippen molar-refractivity contribution < 1.29 is 0 Å². The smallest absolute Gasteiger partial charge is 0.148 e. The van der Waals surface area contributed by atoms with Gasteiger partial charge in [0.2, 0.25) is 0 Å². The molecule has 3 rings (SSSR count). The average Bonchev–Trinajstić information content (AvgIpc) is 3.07. The molecule has 0 spiro atoms. The maximum Gasteiger partial charge on any atom is 0.148 e. The van der Waals surface area contributed by atoms with Gasteiger partial charge >= 0.3 is 0 Å². The molecule has 0 aliphatic heterocycles. The summed E-state index contributed by atoms with van der Waals surface area (Å²) in [6, 6.07) is 12.3. The second-order valence-electron chi connectivity index (χ2n) is 4.60. The maximum absolute atomic E-state index is 4.52. The Hall–Kier alpha value is -2.14. The summed E-state index contributed by atoms with van der Waals surface area (Å²) >= 11 is 1.67. The van der Waals surface area contributed by atoms with Gasteiger partial charge in [0.05, 0.1) is 24.3 Å². The molecular formula is C15H16N4S. The number of thiazole rings is 1. The Balaban J connectivity index is 1.61. The van der Waals surface area contributed by atoms with Gasteiger partial charge in [-0.3, -0.25) is 4.68 Å². The monoisotopic (exact) mass is 284 g/mol. The van der Waals surface area contributed by atoms with Crippen LogP contribution in [0.2, 0.25) is 0 Å². The first-order valence-corrected chi connectivity index (χ1v) is 7.39. The second kappa shape index (κ2) is 5.88. The van der Waals surface area contributed by atoms with Crippen LogP contribution in [0.25, 0.3) is 0 Å². The van der Waals surface area contributed by atoms with E-state index in [1.807, 2.05) is 47.6 Å².